The van der Waals surface area contributed by atoms with Crippen molar-refractivity contribution in [3.63, 3.8) is 0 Å². The van der Waals surface area contributed by atoms with E-state index in [2.05, 4.69) is 15.7 Å². The summed E-state index contributed by atoms with van der Waals surface area (Å²) in [5, 5.41) is 10.3. The van der Waals surface area contributed by atoms with Crippen molar-refractivity contribution >= 4 is 29.3 Å². The van der Waals surface area contributed by atoms with Gasteiger partial charge in [-0.05, 0) is 37.0 Å². The highest BCUT2D eigenvalue weighted by Crippen LogP contribution is 2.23. The van der Waals surface area contributed by atoms with Gasteiger partial charge in [-0.2, -0.15) is 5.10 Å². The summed E-state index contributed by atoms with van der Waals surface area (Å²) in [6.45, 7) is 4.83. The number of halogens is 1. The smallest absolute Gasteiger partial charge is 0.257 e. The Morgan fingerprint density at radius 3 is 2.76 bits per heavy atom. The maximum Gasteiger partial charge on any atom is 0.257 e. The lowest BCUT2D eigenvalue weighted by Gasteiger charge is -2.26. The van der Waals surface area contributed by atoms with Crippen LogP contribution < -0.4 is 15.4 Å². The molecule has 0 saturated carbocycles. The molecule has 1 aliphatic rings. The lowest BCUT2D eigenvalue weighted by molar-refractivity contribution is -0.123. The first-order chi connectivity index (χ1) is 15.7. The number of nitrogens with one attached hydrogen (secondary N) is 2. The van der Waals surface area contributed by atoms with E-state index in [4.69, 9.17) is 16.3 Å². The number of aryl methyl sites for hydroxylation is 1. The van der Waals surface area contributed by atoms with E-state index in [1.807, 2.05) is 13.8 Å². The Bertz CT molecular complexity index is 1010. The van der Waals surface area contributed by atoms with Gasteiger partial charge in [0.1, 0.15) is 12.4 Å². The lowest BCUT2D eigenvalue weighted by atomic mass is 10.1. The van der Waals surface area contributed by atoms with Crippen LogP contribution in [0.1, 0.15) is 47.4 Å². The quantitative estimate of drug-likeness (QED) is 0.693. The Morgan fingerprint density at radius 2 is 2.06 bits per heavy atom. The van der Waals surface area contributed by atoms with Crippen LogP contribution in [0, 0.1) is 5.92 Å². The highest BCUT2D eigenvalue weighted by atomic mass is 35.5. The number of amides is 3. The normalized spacial score (nSPS) is 18.5. The second-order valence-corrected chi connectivity index (χ2v) is 8.90. The van der Waals surface area contributed by atoms with Gasteiger partial charge in [0, 0.05) is 31.4 Å². The molecule has 0 aliphatic carbocycles. The molecule has 0 fully saturated rings. The zero-order chi connectivity index (χ0) is 24.0. The van der Waals surface area contributed by atoms with E-state index >= 15 is 0 Å². The monoisotopic (exact) mass is 475 g/mol. The van der Waals surface area contributed by atoms with Gasteiger partial charge >= 0.3 is 0 Å². The van der Waals surface area contributed by atoms with Crippen molar-refractivity contribution in [1.82, 2.24) is 25.3 Å². The van der Waals surface area contributed by atoms with Gasteiger partial charge in [0.25, 0.3) is 11.8 Å². The van der Waals surface area contributed by atoms with Crippen LogP contribution in [0.2, 0.25) is 5.02 Å². The van der Waals surface area contributed by atoms with Crippen LogP contribution in [-0.4, -0.2) is 64.7 Å². The minimum atomic E-state index is -0.315. The number of aromatic nitrogens is 2. The summed E-state index contributed by atoms with van der Waals surface area (Å²) in [5.41, 5.74) is 0.771. The molecular weight excluding hydrogens is 446 g/mol. The molecule has 2 N–H and O–H groups in total. The number of ether oxygens (including phenoxy) is 1. The zero-order valence-corrected chi connectivity index (χ0v) is 19.9. The van der Waals surface area contributed by atoms with E-state index in [1.165, 1.54) is 11.1 Å². The van der Waals surface area contributed by atoms with Gasteiger partial charge in [-0.15, -0.1) is 0 Å². The van der Waals surface area contributed by atoms with Crippen molar-refractivity contribution < 1.29 is 19.1 Å². The molecule has 3 amide bonds. The van der Waals surface area contributed by atoms with Crippen LogP contribution in [0.15, 0.2) is 30.6 Å². The van der Waals surface area contributed by atoms with Crippen LogP contribution in [0.5, 0.6) is 5.75 Å². The molecule has 2 aromatic rings. The van der Waals surface area contributed by atoms with Crippen LogP contribution in [0.4, 0.5) is 0 Å². The van der Waals surface area contributed by atoms with Crippen LogP contribution >= 0.6 is 11.6 Å². The Labute approximate surface area is 198 Å². The molecule has 0 saturated heterocycles. The highest BCUT2D eigenvalue weighted by molar-refractivity contribution is 6.31. The average molecular weight is 476 g/mol. The van der Waals surface area contributed by atoms with Gasteiger partial charge in [-0.25, -0.2) is 0 Å². The summed E-state index contributed by atoms with van der Waals surface area (Å²) >= 11 is 6.10. The third-order valence-corrected chi connectivity index (χ3v) is 5.70. The summed E-state index contributed by atoms with van der Waals surface area (Å²) in [5.74, 6) is -0.339. The number of carbonyl (C=O) groups is 3. The van der Waals surface area contributed by atoms with E-state index in [0.29, 0.717) is 47.8 Å². The summed E-state index contributed by atoms with van der Waals surface area (Å²) in [4.78, 5) is 40.1. The molecule has 9 nitrogen and oxygen atoms in total. The molecule has 2 heterocycles. The SMILES string of the molecule is CC(C)[C@@H]1COc2ccc(Cl)cc2C(=O)NCCCCN(C(=O)c2cnn(C)c2)CC(=O)N1. The number of fused-ring (bicyclic) bond motifs is 1. The maximum atomic E-state index is 13.0. The third kappa shape index (κ3) is 6.71. The van der Waals surface area contributed by atoms with Gasteiger partial charge in [0.15, 0.2) is 0 Å². The summed E-state index contributed by atoms with van der Waals surface area (Å²) in [6.07, 6.45) is 4.37. The van der Waals surface area contributed by atoms with Gasteiger partial charge in [-0.1, -0.05) is 25.4 Å². The number of carbonyl (C=O) groups excluding carboxylic acids is 3. The fraction of sp³-hybridized carbons (Fsp3) is 0.478. The lowest BCUT2D eigenvalue weighted by Crippen LogP contribution is -2.48. The predicted octanol–water partition coefficient (Wildman–Crippen LogP) is 2.26. The molecule has 1 atom stereocenters. The first kappa shape index (κ1) is 24.6. The molecule has 10 heteroatoms. The molecule has 33 heavy (non-hydrogen) atoms. The van der Waals surface area contributed by atoms with E-state index in [-0.39, 0.29) is 42.8 Å². The third-order valence-electron chi connectivity index (χ3n) is 5.47. The molecule has 3 rings (SSSR count). The van der Waals surface area contributed by atoms with Gasteiger partial charge in [-0.3, -0.25) is 19.1 Å². The molecule has 1 aromatic heterocycles. The first-order valence-electron chi connectivity index (χ1n) is 11.0. The van der Waals surface area contributed by atoms with Crippen molar-refractivity contribution in [3.05, 3.63) is 46.7 Å². The summed E-state index contributed by atoms with van der Waals surface area (Å²) in [6, 6.07) is 4.57. The fourth-order valence-corrected chi connectivity index (χ4v) is 3.68. The maximum absolute atomic E-state index is 13.0. The highest BCUT2D eigenvalue weighted by Gasteiger charge is 2.24. The molecule has 178 valence electrons. The minimum Gasteiger partial charge on any atom is -0.491 e. The van der Waals surface area contributed by atoms with Crippen molar-refractivity contribution in [3.8, 4) is 5.75 Å². The van der Waals surface area contributed by atoms with Gasteiger partial charge < -0.3 is 20.3 Å². The molecule has 0 radical (unpaired) electrons. The van der Waals surface area contributed by atoms with Crippen molar-refractivity contribution in [2.75, 3.05) is 26.2 Å². The van der Waals surface area contributed by atoms with E-state index < -0.39 is 0 Å². The number of rotatable bonds is 2. The number of hydrogen-bond donors (Lipinski definition) is 2. The Hall–Kier alpha value is -3.07. The second-order valence-electron chi connectivity index (χ2n) is 8.46. The van der Waals surface area contributed by atoms with Gasteiger partial charge in [0.05, 0.1) is 29.9 Å². The van der Waals surface area contributed by atoms with E-state index in [9.17, 15) is 14.4 Å². The molecular formula is C23H30ClN5O4. The largest absolute Gasteiger partial charge is 0.491 e. The molecule has 1 aromatic carbocycles. The molecule has 0 bridgehead atoms. The average Bonchev–Trinajstić information content (AvgIpc) is 3.20. The second kappa shape index (κ2) is 11.2. The summed E-state index contributed by atoms with van der Waals surface area (Å²) < 4.78 is 7.48. The number of benzene rings is 1. The van der Waals surface area contributed by atoms with Crippen LogP contribution in [0.3, 0.4) is 0 Å². The zero-order valence-electron chi connectivity index (χ0n) is 19.1. The van der Waals surface area contributed by atoms with Crippen molar-refractivity contribution in [1.29, 1.82) is 0 Å². The fourth-order valence-electron chi connectivity index (χ4n) is 3.50. The predicted molar refractivity (Wildman–Crippen MR) is 124 cm³/mol. The Morgan fingerprint density at radius 1 is 1.27 bits per heavy atom. The molecule has 0 spiro atoms. The van der Waals surface area contributed by atoms with Crippen LogP contribution in [-0.2, 0) is 11.8 Å². The minimum absolute atomic E-state index is 0.0664. The van der Waals surface area contributed by atoms with Crippen LogP contribution in [0.25, 0.3) is 0 Å². The Balaban J connectivity index is 1.81. The molecule has 0 unspecified atom stereocenters. The van der Waals surface area contributed by atoms with Gasteiger partial charge in [0.2, 0.25) is 5.91 Å². The van der Waals surface area contributed by atoms with Crippen molar-refractivity contribution in [2.45, 2.75) is 32.7 Å². The number of nitrogens with zero attached hydrogens (tertiary/aromatic N) is 3. The summed E-state index contributed by atoms with van der Waals surface area (Å²) in [7, 11) is 1.73. The Kier molecular flexibility index (Phi) is 8.32. The number of hydrogen-bond acceptors (Lipinski definition) is 5. The van der Waals surface area contributed by atoms with Crippen molar-refractivity contribution in [2.24, 2.45) is 13.0 Å². The topological polar surface area (TPSA) is 106 Å². The van der Waals surface area contributed by atoms with E-state index in [1.54, 1.807) is 36.1 Å². The standard InChI is InChI=1S/C23H30ClN5O4/c1-15(2)19-14-33-20-7-6-17(24)10-18(20)22(31)25-8-4-5-9-29(13-21(30)27-19)23(32)16-11-26-28(3)12-16/h6-7,10-12,15,19H,4-5,8-9,13-14H2,1-3H3,(H,25,31)(H,27,30)/t19-/m0/s1. The molecule has 1 aliphatic heterocycles. The first-order valence-corrected chi connectivity index (χ1v) is 11.4. The van der Waals surface area contributed by atoms with E-state index in [0.717, 1.165) is 0 Å².